The lowest BCUT2D eigenvalue weighted by atomic mass is 10.1. The minimum Gasteiger partial charge on any atom is -0.295 e. The van der Waals surface area contributed by atoms with E-state index in [0.29, 0.717) is 5.70 Å². The van der Waals surface area contributed by atoms with Crippen molar-refractivity contribution in [2.45, 2.75) is 13.8 Å². The van der Waals surface area contributed by atoms with E-state index in [1.54, 1.807) is 0 Å². The smallest absolute Gasteiger partial charge is 0.178 e. The summed E-state index contributed by atoms with van der Waals surface area (Å²) in [6.45, 7) is 7.08. The third kappa shape index (κ3) is 3.41. The van der Waals surface area contributed by atoms with Gasteiger partial charge in [0.2, 0.25) is 0 Å². The zero-order valence-electron chi connectivity index (χ0n) is 8.98. The van der Waals surface area contributed by atoms with Crippen LogP contribution < -0.4 is 0 Å². The average molecular weight is 216 g/mol. The molecule has 0 aliphatic heterocycles. The second-order valence-corrected chi connectivity index (χ2v) is 5.21. The highest BCUT2D eigenvalue weighted by Crippen LogP contribution is 2.18. The van der Waals surface area contributed by atoms with Crippen LogP contribution in [0.2, 0.25) is 0 Å². The molecular weight excluding hydrogens is 200 g/mol. The van der Waals surface area contributed by atoms with Crippen LogP contribution in [0, 0.1) is 5.92 Å². The molecular formula is C9H16N2O2S. The molecule has 0 aromatic heterocycles. The zero-order valence-corrected chi connectivity index (χ0v) is 9.80. The molecule has 0 unspecified atom stereocenters. The number of allylic oxidation sites excluding steroid dienone is 2. The van der Waals surface area contributed by atoms with Gasteiger partial charge in [-0.15, -0.1) is 0 Å². The summed E-state index contributed by atoms with van der Waals surface area (Å²) in [6.07, 6.45) is 2.44. The Kier molecular flexibility index (Phi) is 4.70. The zero-order chi connectivity index (χ0) is 11.4. The first-order valence-electron chi connectivity index (χ1n) is 4.17. The Morgan fingerprint density at radius 2 is 1.93 bits per heavy atom. The molecule has 0 aromatic rings. The molecule has 0 radical (unpaired) electrons. The summed E-state index contributed by atoms with van der Waals surface area (Å²) in [6, 6.07) is 0. The van der Waals surface area contributed by atoms with Crippen LogP contribution in [0.3, 0.4) is 0 Å². The van der Waals surface area contributed by atoms with Gasteiger partial charge in [0.1, 0.15) is 4.91 Å². The van der Waals surface area contributed by atoms with Crippen LogP contribution in [0.5, 0.6) is 0 Å². The van der Waals surface area contributed by atoms with E-state index in [4.69, 9.17) is 0 Å². The summed E-state index contributed by atoms with van der Waals surface area (Å²) >= 11 is 0. The van der Waals surface area contributed by atoms with E-state index >= 15 is 0 Å². The first kappa shape index (κ1) is 13.0. The highest BCUT2D eigenvalue weighted by atomic mass is 32.2. The summed E-state index contributed by atoms with van der Waals surface area (Å²) in [5.41, 5.74) is 0.457. The van der Waals surface area contributed by atoms with E-state index in [2.05, 4.69) is 16.7 Å². The number of aliphatic imine (C=N–C) groups is 2. The standard InChI is InChI=1S/C9H16N2O2S/c1-7(2)9(11-4)8(6-10-3)14(5,12)13/h6-7H,4H2,1-3,5H3/b9-8+,10-6-. The number of rotatable bonds is 4. The van der Waals surface area contributed by atoms with Crippen molar-refractivity contribution in [1.82, 2.24) is 0 Å². The van der Waals surface area contributed by atoms with Crippen molar-refractivity contribution < 1.29 is 8.42 Å². The van der Waals surface area contributed by atoms with Gasteiger partial charge in [-0.3, -0.25) is 9.98 Å². The van der Waals surface area contributed by atoms with Crippen molar-refractivity contribution in [3.8, 4) is 0 Å². The highest BCUT2D eigenvalue weighted by molar-refractivity contribution is 7.95. The maximum absolute atomic E-state index is 11.4. The molecule has 0 rings (SSSR count). The molecule has 0 fully saturated rings. The van der Waals surface area contributed by atoms with Crippen molar-refractivity contribution in [1.29, 1.82) is 0 Å². The van der Waals surface area contributed by atoms with Gasteiger partial charge in [0.25, 0.3) is 0 Å². The molecule has 0 N–H and O–H groups in total. The van der Waals surface area contributed by atoms with Gasteiger partial charge in [-0.05, 0) is 12.6 Å². The largest absolute Gasteiger partial charge is 0.295 e. The Bertz CT molecular complexity index is 364. The quantitative estimate of drug-likeness (QED) is 0.665. The molecule has 4 nitrogen and oxygen atoms in total. The molecule has 80 valence electrons. The Hall–Kier alpha value is -0.970. The lowest BCUT2D eigenvalue weighted by molar-refractivity contribution is 0.607. The molecule has 0 aliphatic rings. The molecule has 0 aromatic carbocycles. The SMILES string of the molecule is C=N/C(=C(\C=N/C)S(C)(=O)=O)C(C)C. The van der Waals surface area contributed by atoms with Crippen LogP contribution >= 0.6 is 0 Å². The molecule has 0 bridgehead atoms. The lowest BCUT2D eigenvalue weighted by Crippen LogP contribution is -2.08. The van der Waals surface area contributed by atoms with Gasteiger partial charge in [-0.25, -0.2) is 8.42 Å². The van der Waals surface area contributed by atoms with Crippen molar-refractivity contribution >= 4 is 22.8 Å². The Morgan fingerprint density at radius 3 is 2.14 bits per heavy atom. The van der Waals surface area contributed by atoms with E-state index in [0.717, 1.165) is 6.26 Å². The first-order valence-corrected chi connectivity index (χ1v) is 6.06. The Labute approximate surface area is 85.4 Å². The summed E-state index contributed by atoms with van der Waals surface area (Å²) in [4.78, 5) is 7.58. The van der Waals surface area contributed by atoms with Crippen molar-refractivity contribution in [3.05, 3.63) is 10.6 Å². The van der Waals surface area contributed by atoms with E-state index in [1.807, 2.05) is 13.8 Å². The van der Waals surface area contributed by atoms with Crippen LogP contribution in [0.15, 0.2) is 20.6 Å². The molecule has 0 atom stereocenters. The van der Waals surface area contributed by atoms with Gasteiger partial charge in [-0.2, -0.15) is 0 Å². The van der Waals surface area contributed by atoms with Crippen LogP contribution in [-0.2, 0) is 9.84 Å². The maximum Gasteiger partial charge on any atom is 0.178 e. The summed E-state index contributed by atoms with van der Waals surface area (Å²) in [5, 5.41) is 0. The third-order valence-electron chi connectivity index (χ3n) is 1.62. The van der Waals surface area contributed by atoms with Crippen molar-refractivity contribution in [2.24, 2.45) is 15.9 Å². The lowest BCUT2D eigenvalue weighted by Gasteiger charge is -2.09. The first-order chi connectivity index (χ1) is 6.34. The summed E-state index contributed by atoms with van der Waals surface area (Å²) in [5.74, 6) is 0.00947. The van der Waals surface area contributed by atoms with E-state index in [1.165, 1.54) is 13.3 Å². The van der Waals surface area contributed by atoms with Crippen LogP contribution in [0.4, 0.5) is 0 Å². The molecule has 14 heavy (non-hydrogen) atoms. The number of hydrogen-bond acceptors (Lipinski definition) is 4. The predicted molar refractivity (Wildman–Crippen MR) is 60.7 cm³/mol. The number of nitrogens with zero attached hydrogens (tertiary/aromatic N) is 2. The van der Waals surface area contributed by atoms with Crippen LogP contribution in [0.25, 0.3) is 0 Å². The fourth-order valence-electron chi connectivity index (χ4n) is 1.01. The summed E-state index contributed by atoms with van der Waals surface area (Å²) in [7, 11) is -1.77. The van der Waals surface area contributed by atoms with Gasteiger partial charge < -0.3 is 0 Å². The van der Waals surface area contributed by atoms with Gasteiger partial charge in [0.05, 0.1) is 5.70 Å². The predicted octanol–water partition coefficient (Wildman–Crippen LogP) is 1.30. The Morgan fingerprint density at radius 1 is 1.43 bits per heavy atom. The highest BCUT2D eigenvalue weighted by Gasteiger charge is 2.16. The van der Waals surface area contributed by atoms with Crippen LogP contribution in [0.1, 0.15) is 13.8 Å². The summed E-state index contributed by atoms with van der Waals surface area (Å²) < 4.78 is 22.8. The molecule has 0 saturated heterocycles. The average Bonchev–Trinajstić information content (AvgIpc) is 2.02. The van der Waals surface area contributed by atoms with E-state index < -0.39 is 9.84 Å². The van der Waals surface area contributed by atoms with E-state index in [9.17, 15) is 8.42 Å². The van der Waals surface area contributed by atoms with Crippen molar-refractivity contribution in [3.63, 3.8) is 0 Å². The van der Waals surface area contributed by atoms with Crippen LogP contribution in [-0.4, -0.2) is 34.7 Å². The second-order valence-electron chi connectivity index (χ2n) is 3.22. The topological polar surface area (TPSA) is 58.9 Å². The molecule has 5 heteroatoms. The minimum absolute atomic E-state index is 0.00947. The third-order valence-corrected chi connectivity index (χ3v) is 2.73. The van der Waals surface area contributed by atoms with E-state index in [-0.39, 0.29) is 10.8 Å². The van der Waals surface area contributed by atoms with Gasteiger partial charge in [0, 0.05) is 19.5 Å². The minimum atomic E-state index is -3.29. The monoisotopic (exact) mass is 216 g/mol. The number of sulfone groups is 1. The number of hydrogen-bond donors (Lipinski definition) is 0. The second kappa shape index (κ2) is 5.05. The molecule has 0 heterocycles. The van der Waals surface area contributed by atoms with Gasteiger partial charge in [0.15, 0.2) is 9.84 Å². The normalized spacial score (nSPS) is 14.6. The van der Waals surface area contributed by atoms with Gasteiger partial charge in [-0.1, -0.05) is 13.8 Å². The fraction of sp³-hybridized carbons (Fsp3) is 0.556. The molecule has 0 spiro atoms. The van der Waals surface area contributed by atoms with Gasteiger partial charge >= 0.3 is 0 Å². The Balaban J connectivity index is 5.69. The maximum atomic E-state index is 11.4. The van der Waals surface area contributed by atoms with Crippen molar-refractivity contribution in [2.75, 3.05) is 13.3 Å². The fourth-order valence-corrected chi connectivity index (χ4v) is 1.99. The molecule has 0 amide bonds. The molecule has 0 aliphatic carbocycles. The molecule has 0 saturated carbocycles.